The van der Waals surface area contributed by atoms with Crippen molar-refractivity contribution in [3.63, 3.8) is 0 Å². The summed E-state index contributed by atoms with van der Waals surface area (Å²) in [7, 11) is 0. The molecule has 0 radical (unpaired) electrons. The van der Waals surface area contributed by atoms with E-state index < -0.39 is 0 Å². The Morgan fingerprint density at radius 1 is 1.62 bits per heavy atom. The van der Waals surface area contributed by atoms with E-state index in [1.54, 1.807) is 0 Å². The molecule has 0 spiro atoms. The van der Waals surface area contributed by atoms with E-state index in [-0.39, 0.29) is 0 Å². The molecule has 0 N–H and O–H groups in total. The second kappa shape index (κ2) is 6.80. The van der Waals surface area contributed by atoms with Crippen molar-refractivity contribution in [2.45, 2.75) is 24.0 Å². The van der Waals surface area contributed by atoms with Gasteiger partial charge in [-0.05, 0) is 29.5 Å². The van der Waals surface area contributed by atoms with Crippen molar-refractivity contribution in [1.29, 1.82) is 0 Å². The van der Waals surface area contributed by atoms with Crippen LogP contribution in [-0.4, -0.2) is 11.5 Å². The van der Waals surface area contributed by atoms with E-state index in [0.29, 0.717) is 0 Å². The quantitative estimate of drug-likeness (QED) is 0.567. The lowest BCUT2D eigenvalue weighted by Crippen LogP contribution is -2.04. The monoisotopic (exact) mass is 232 g/mol. The highest BCUT2D eigenvalue weighted by molar-refractivity contribution is 8.01. The molecule has 1 heterocycles. The molecule has 0 amide bonds. The van der Waals surface area contributed by atoms with E-state index in [2.05, 4.69) is 37.1 Å². The molecule has 3 heteroatoms. The van der Waals surface area contributed by atoms with Crippen molar-refractivity contribution in [1.82, 2.24) is 0 Å². The molecule has 0 aliphatic carbocycles. The average Bonchev–Trinajstić information content (AvgIpc) is 2.64. The van der Waals surface area contributed by atoms with Gasteiger partial charge in [0.25, 0.3) is 0 Å². The van der Waals surface area contributed by atoms with E-state index in [4.69, 9.17) is 0 Å². The van der Waals surface area contributed by atoms with Crippen molar-refractivity contribution in [2.75, 3.05) is 11.5 Å². The summed E-state index contributed by atoms with van der Waals surface area (Å²) in [6.07, 6.45) is 2.58. The molecule has 0 aromatic carbocycles. The van der Waals surface area contributed by atoms with Crippen molar-refractivity contribution in [3.8, 4) is 0 Å². The van der Waals surface area contributed by atoms with Crippen molar-refractivity contribution < 1.29 is 0 Å². The minimum atomic E-state index is 0.778. The van der Waals surface area contributed by atoms with E-state index >= 15 is 0 Å². The van der Waals surface area contributed by atoms with Crippen LogP contribution in [0, 0.1) is 5.92 Å². The summed E-state index contributed by atoms with van der Waals surface area (Å²) >= 11 is 8.17. The van der Waals surface area contributed by atoms with Gasteiger partial charge in [0.15, 0.2) is 0 Å². The Kier molecular flexibility index (Phi) is 6.00. The van der Waals surface area contributed by atoms with Crippen LogP contribution in [0.1, 0.15) is 19.8 Å². The van der Waals surface area contributed by atoms with Crippen molar-refractivity contribution >= 4 is 35.7 Å². The maximum absolute atomic E-state index is 4.37. The first kappa shape index (κ1) is 11.5. The SMILES string of the molecule is CCCC(CS)CSc1cccs1. The summed E-state index contributed by atoms with van der Waals surface area (Å²) in [4.78, 5) is 0. The van der Waals surface area contributed by atoms with Gasteiger partial charge in [0.2, 0.25) is 0 Å². The van der Waals surface area contributed by atoms with E-state index in [1.807, 2.05) is 23.1 Å². The van der Waals surface area contributed by atoms with Gasteiger partial charge in [-0.25, -0.2) is 0 Å². The van der Waals surface area contributed by atoms with Gasteiger partial charge in [-0.2, -0.15) is 12.6 Å². The maximum Gasteiger partial charge on any atom is 0.0598 e. The maximum atomic E-state index is 4.37. The standard InChI is InChI=1S/C10H16S3/c1-2-4-9(7-11)8-13-10-5-3-6-12-10/h3,5-6,9,11H,2,4,7-8H2,1H3. The number of hydrogen-bond donors (Lipinski definition) is 1. The van der Waals surface area contributed by atoms with E-state index in [0.717, 1.165) is 11.7 Å². The molecule has 74 valence electrons. The molecular weight excluding hydrogens is 216 g/mol. The Hall–Kier alpha value is 0.400. The first-order chi connectivity index (χ1) is 6.36. The van der Waals surface area contributed by atoms with Gasteiger partial charge in [0, 0.05) is 5.75 Å². The second-order valence-corrected chi connectivity index (χ2v) is 5.71. The minimum absolute atomic E-state index is 0.778. The van der Waals surface area contributed by atoms with Gasteiger partial charge in [-0.3, -0.25) is 0 Å². The third kappa shape index (κ3) is 4.43. The molecule has 0 aliphatic rings. The second-order valence-electron chi connectivity index (χ2n) is 3.08. The number of rotatable bonds is 6. The number of thioether (sulfide) groups is 1. The van der Waals surface area contributed by atoms with Gasteiger partial charge in [0.1, 0.15) is 0 Å². The van der Waals surface area contributed by atoms with Crippen LogP contribution < -0.4 is 0 Å². The Balaban J connectivity index is 2.23. The zero-order valence-corrected chi connectivity index (χ0v) is 10.4. The molecule has 1 atom stereocenters. The number of thiophene rings is 1. The average molecular weight is 232 g/mol. The predicted molar refractivity (Wildman–Crippen MR) is 67.3 cm³/mol. The van der Waals surface area contributed by atoms with Gasteiger partial charge >= 0.3 is 0 Å². The van der Waals surface area contributed by atoms with Crippen LogP contribution in [0.3, 0.4) is 0 Å². The summed E-state index contributed by atoms with van der Waals surface area (Å²) in [5, 5.41) is 2.14. The first-order valence-corrected chi connectivity index (χ1v) is 7.13. The molecule has 1 aromatic rings. The number of hydrogen-bond acceptors (Lipinski definition) is 3. The molecular formula is C10H16S3. The van der Waals surface area contributed by atoms with Crippen LogP contribution in [0.4, 0.5) is 0 Å². The normalized spacial score (nSPS) is 13.1. The lowest BCUT2D eigenvalue weighted by atomic mass is 10.1. The molecule has 1 rings (SSSR count). The third-order valence-corrected chi connectivity index (χ3v) is 4.79. The largest absolute Gasteiger partial charge is 0.179 e. The fourth-order valence-corrected chi connectivity index (χ4v) is 3.62. The zero-order valence-electron chi connectivity index (χ0n) is 7.90. The molecule has 0 saturated heterocycles. The van der Waals surface area contributed by atoms with Crippen molar-refractivity contribution in [2.24, 2.45) is 5.92 Å². The van der Waals surface area contributed by atoms with Gasteiger partial charge in [0.05, 0.1) is 4.21 Å². The Labute approximate surface area is 94.5 Å². The summed E-state index contributed by atoms with van der Waals surface area (Å²) in [5.74, 6) is 3.02. The van der Waals surface area contributed by atoms with E-state index in [9.17, 15) is 0 Å². The molecule has 1 aromatic heterocycles. The lowest BCUT2D eigenvalue weighted by molar-refractivity contribution is 0.596. The summed E-state index contributed by atoms with van der Waals surface area (Å²) in [5.41, 5.74) is 0. The molecule has 13 heavy (non-hydrogen) atoms. The van der Waals surface area contributed by atoms with Gasteiger partial charge < -0.3 is 0 Å². The van der Waals surface area contributed by atoms with Crippen molar-refractivity contribution in [3.05, 3.63) is 17.5 Å². The molecule has 0 bridgehead atoms. The smallest absolute Gasteiger partial charge is 0.0598 e. The summed E-state index contributed by atoms with van der Waals surface area (Å²) in [6.45, 7) is 2.24. The van der Waals surface area contributed by atoms with Crippen LogP contribution in [0.15, 0.2) is 21.7 Å². The van der Waals surface area contributed by atoms with Crippen LogP contribution in [0.5, 0.6) is 0 Å². The third-order valence-electron chi connectivity index (χ3n) is 1.91. The van der Waals surface area contributed by atoms with Crippen LogP contribution in [0.2, 0.25) is 0 Å². The molecule has 1 unspecified atom stereocenters. The fourth-order valence-electron chi connectivity index (χ4n) is 1.18. The summed E-state index contributed by atoms with van der Waals surface area (Å²) < 4.78 is 1.43. The zero-order chi connectivity index (χ0) is 9.52. The van der Waals surface area contributed by atoms with Crippen LogP contribution in [-0.2, 0) is 0 Å². The lowest BCUT2D eigenvalue weighted by Gasteiger charge is -2.11. The molecule has 0 aliphatic heterocycles. The highest BCUT2D eigenvalue weighted by Gasteiger charge is 2.06. The van der Waals surface area contributed by atoms with Gasteiger partial charge in [-0.1, -0.05) is 19.4 Å². The molecule has 0 saturated carbocycles. The highest BCUT2D eigenvalue weighted by atomic mass is 32.2. The predicted octanol–water partition coefficient (Wildman–Crippen LogP) is 4.19. The first-order valence-electron chi connectivity index (χ1n) is 4.64. The minimum Gasteiger partial charge on any atom is -0.179 e. The topological polar surface area (TPSA) is 0 Å². The summed E-state index contributed by atoms with van der Waals surface area (Å²) in [6, 6.07) is 4.30. The Bertz CT molecular complexity index is 206. The van der Waals surface area contributed by atoms with E-state index in [1.165, 1.54) is 22.8 Å². The molecule has 0 nitrogen and oxygen atoms in total. The molecule has 0 fully saturated rings. The van der Waals surface area contributed by atoms with Crippen LogP contribution >= 0.6 is 35.7 Å². The van der Waals surface area contributed by atoms with Gasteiger partial charge in [-0.15, -0.1) is 23.1 Å². The highest BCUT2D eigenvalue weighted by Crippen LogP contribution is 2.27. The fraction of sp³-hybridized carbons (Fsp3) is 0.600. The Morgan fingerprint density at radius 3 is 3.00 bits per heavy atom. The van der Waals surface area contributed by atoms with Crippen LogP contribution in [0.25, 0.3) is 0 Å². The Morgan fingerprint density at radius 2 is 2.46 bits per heavy atom. The number of thiol groups is 1.